The third-order valence-corrected chi connectivity index (χ3v) is 2.91. The maximum absolute atomic E-state index is 11.8. The van der Waals surface area contributed by atoms with Crippen molar-refractivity contribution in [1.82, 2.24) is 4.57 Å². The van der Waals surface area contributed by atoms with E-state index in [1.807, 2.05) is 12.1 Å². The van der Waals surface area contributed by atoms with E-state index in [0.29, 0.717) is 0 Å². The molecule has 0 spiro atoms. The van der Waals surface area contributed by atoms with Crippen molar-refractivity contribution in [3.63, 3.8) is 0 Å². The number of aryl methyl sites for hydroxylation is 1. The van der Waals surface area contributed by atoms with Crippen LogP contribution in [0, 0.1) is 0 Å². The highest BCUT2D eigenvalue weighted by Crippen LogP contribution is 2.19. The van der Waals surface area contributed by atoms with Crippen molar-refractivity contribution in [2.45, 2.75) is 32.9 Å². The number of hydrogen-bond acceptors (Lipinski definition) is 2. The standard InChI is InChI=1S/C14H17NO2/c1-4-10-5-7-12-11(9-10)6-8-13(16)15(12)14(2,3)17/h5-9,17H,4H2,1-3H3. The van der Waals surface area contributed by atoms with Crippen LogP contribution < -0.4 is 5.56 Å². The number of pyridine rings is 1. The Morgan fingerprint density at radius 2 is 1.94 bits per heavy atom. The molecule has 0 amide bonds. The van der Waals surface area contributed by atoms with E-state index in [2.05, 4.69) is 13.0 Å². The van der Waals surface area contributed by atoms with Crippen LogP contribution in [0.15, 0.2) is 35.1 Å². The molecule has 2 rings (SSSR count). The Balaban J connectivity index is 2.83. The quantitative estimate of drug-likeness (QED) is 0.861. The summed E-state index contributed by atoms with van der Waals surface area (Å²) in [5.74, 6) is 0. The summed E-state index contributed by atoms with van der Waals surface area (Å²) in [5, 5.41) is 11.0. The molecule has 90 valence electrons. The first kappa shape index (κ1) is 11.9. The van der Waals surface area contributed by atoms with Gasteiger partial charge in [-0.2, -0.15) is 0 Å². The molecule has 1 aromatic carbocycles. The van der Waals surface area contributed by atoms with Crippen LogP contribution in [0.1, 0.15) is 26.3 Å². The van der Waals surface area contributed by atoms with E-state index in [4.69, 9.17) is 0 Å². The first-order valence-corrected chi connectivity index (χ1v) is 5.81. The Labute approximate surface area is 100 Å². The van der Waals surface area contributed by atoms with Crippen LogP contribution in [0.5, 0.6) is 0 Å². The van der Waals surface area contributed by atoms with Gasteiger partial charge in [0.1, 0.15) is 5.72 Å². The molecule has 1 aromatic heterocycles. The fourth-order valence-corrected chi connectivity index (χ4v) is 2.08. The largest absolute Gasteiger partial charge is 0.371 e. The van der Waals surface area contributed by atoms with E-state index < -0.39 is 5.72 Å². The summed E-state index contributed by atoms with van der Waals surface area (Å²) < 4.78 is 1.42. The molecular formula is C14H17NO2. The Hall–Kier alpha value is -1.61. The van der Waals surface area contributed by atoms with Crippen LogP contribution >= 0.6 is 0 Å². The van der Waals surface area contributed by atoms with Crippen molar-refractivity contribution in [3.05, 3.63) is 46.2 Å². The van der Waals surface area contributed by atoms with E-state index in [-0.39, 0.29) is 5.56 Å². The highest BCUT2D eigenvalue weighted by Gasteiger charge is 2.18. The molecule has 0 bridgehead atoms. The number of benzene rings is 1. The molecule has 0 fully saturated rings. The topological polar surface area (TPSA) is 42.2 Å². The second-order valence-electron chi connectivity index (χ2n) is 4.75. The Morgan fingerprint density at radius 3 is 2.53 bits per heavy atom. The highest BCUT2D eigenvalue weighted by atomic mass is 16.3. The van der Waals surface area contributed by atoms with Crippen LogP contribution in [0.4, 0.5) is 0 Å². The van der Waals surface area contributed by atoms with Crippen LogP contribution in [-0.2, 0) is 12.1 Å². The van der Waals surface area contributed by atoms with E-state index in [0.717, 1.165) is 17.3 Å². The zero-order valence-corrected chi connectivity index (χ0v) is 10.4. The molecule has 0 aliphatic carbocycles. The molecule has 0 radical (unpaired) electrons. The molecule has 2 aromatic rings. The Bertz CT molecular complexity index is 606. The summed E-state index contributed by atoms with van der Waals surface area (Å²) in [4.78, 5) is 11.8. The van der Waals surface area contributed by atoms with Gasteiger partial charge in [0, 0.05) is 6.07 Å². The van der Waals surface area contributed by atoms with Gasteiger partial charge in [-0.15, -0.1) is 0 Å². The van der Waals surface area contributed by atoms with Crippen molar-refractivity contribution < 1.29 is 5.11 Å². The molecule has 0 aliphatic heterocycles. The highest BCUT2D eigenvalue weighted by molar-refractivity contribution is 5.80. The fraction of sp³-hybridized carbons (Fsp3) is 0.357. The SMILES string of the molecule is CCc1ccc2c(ccc(=O)n2C(C)(C)O)c1. The van der Waals surface area contributed by atoms with Gasteiger partial charge in [0.2, 0.25) is 0 Å². The van der Waals surface area contributed by atoms with Crippen molar-refractivity contribution >= 4 is 10.9 Å². The Kier molecular flexibility index (Phi) is 2.79. The van der Waals surface area contributed by atoms with Crippen molar-refractivity contribution in [1.29, 1.82) is 0 Å². The van der Waals surface area contributed by atoms with Gasteiger partial charge in [-0.05, 0) is 49.4 Å². The lowest BCUT2D eigenvalue weighted by Gasteiger charge is -2.23. The van der Waals surface area contributed by atoms with Gasteiger partial charge >= 0.3 is 0 Å². The second-order valence-corrected chi connectivity index (χ2v) is 4.75. The minimum Gasteiger partial charge on any atom is -0.371 e. The molecule has 0 unspecified atom stereocenters. The maximum atomic E-state index is 11.8. The monoisotopic (exact) mass is 231 g/mol. The van der Waals surface area contributed by atoms with Crippen molar-refractivity contribution in [2.24, 2.45) is 0 Å². The summed E-state index contributed by atoms with van der Waals surface area (Å²) >= 11 is 0. The second kappa shape index (κ2) is 4.00. The maximum Gasteiger partial charge on any atom is 0.253 e. The van der Waals surface area contributed by atoms with Crippen molar-refractivity contribution in [3.8, 4) is 0 Å². The van der Waals surface area contributed by atoms with Gasteiger partial charge in [-0.25, -0.2) is 0 Å². The zero-order valence-electron chi connectivity index (χ0n) is 10.4. The first-order chi connectivity index (χ1) is 7.93. The summed E-state index contributed by atoms with van der Waals surface area (Å²) in [6, 6.07) is 9.24. The fourth-order valence-electron chi connectivity index (χ4n) is 2.08. The molecule has 1 N–H and O–H groups in total. The lowest BCUT2D eigenvalue weighted by molar-refractivity contribution is 0.00288. The summed E-state index contributed by atoms with van der Waals surface area (Å²) in [5.41, 5.74) is 0.611. The van der Waals surface area contributed by atoms with E-state index >= 15 is 0 Å². The van der Waals surface area contributed by atoms with Gasteiger partial charge in [0.25, 0.3) is 5.56 Å². The molecule has 17 heavy (non-hydrogen) atoms. The minimum atomic E-state index is -1.19. The summed E-state index contributed by atoms with van der Waals surface area (Å²) in [6.45, 7) is 5.32. The average molecular weight is 231 g/mol. The number of aromatic nitrogens is 1. The van der Waals surface area contributed by atoms with E-state index in [1.54, 1.807) is 19.9 Å². The molecule has 0 aliphatic rings. The average Bonchev–Trinajstić information content (AvgIpc) is 2.26. The summed E-state index contributed by atoms with van der Waals surface area (Å²) in [6.07, 6.45) is 0.956. The molecule has 3 heteroatoms. The number of hydrogen-bond donors (Lipinski definition) is 1. The van der Waals surface area contributed by atoms with Gasteiger partial charge in [-0.1, -0.05) is 13.0 Å². The number of fused-ring (bicyclic) bond motifs is 1. The first-order valence-electron chi connectivity index (χ1n) is 5.81. The third kappa shape index (κ3) is 2.11. The summed E-state index contributed by atoms with van der Waals surface area (Å²) in [7, 11) is 0. The van der Waals surface area contributed by atoms with Gasteiger partial charge in [0.05, 0.1) is 5.52 Å². The number of nitrogens with zero attached hydrogens (tertiary/aromatic N) is 1. The zero-order chi connectivity index (χ0) is 12.6. The Morgan fingerprint density at radius 1 is 1.24 bits per heavy atom. The van der Waals surface area contributed by atoms with Crippen molar-refractivity contribution in [2.75, 3.05) is 0 Å². The van der Waals surface area contributed by atoms with Gasteiger partial charge < -0.3 is 5.11 Å². The predicted octanol–water partition coefficient (Wildman–Crippen LogP) is 2.25. The van der Waals surface area contributed by atoms with Crippen LogP contribution in [0.2, 0.25) is 0 Å². The lowest BCUT2D eigenvalue weighted by Crippen LogP contribution is -2.35. The molecule has 0 atom stereocenters. The van der Waals surface area contributed by atoms with E-state index in [9.17, 15) is 9.90 Å². The molecule has 3 nitrogen and oxygen atoms in total. The minimum absolute atomic E-state index is 0.186. The van der Waals surface area contributed by atoms with Crippen LogP contribution in [0.25, 0.3) is 10.9 Å². The number of rotatable bonds is 2. The van der Waals surface area contributed by atoms with Crippen LogP contribution in [-0.4, -0.2) is 9.67 Å². The molecular weight excluding hydrogens is 214 g/mol. The van der Waals surface area contributed by atoms with E-state index in [1.165, 1.54) is 16.2 Å². The van der Waals surface area contributed by atoms with Crippen LogP contribution in [0.3, 0.4) is 0 Å². The molecule has 1 heterocycles. The molecule has 0 saturated carbocycles. The predicted molar refractivity (Wildman–Crippen MR) is 69.1 cm³/mol. The van der Waals surface area contributed by atoms with Gasteiger partial charge in [0.15, 0.2) is 0 Å². The normalized spacial score (nSPS) is 12.0. The van der Waals surface area contributed by atoms with Gasteiger partial charge in [-0.3, -0.25) is 9.36 Å². The number of aliphatic hydroxyl groups is 1. The smallest absolute Gasteiger partial charge is 0.253 e. The lowest BCUT2D eigenvalue weighted by atomic mass is 10.1. The molecule has 0 saturated heterocycles. The third-order valence-electron chi connectivity index (χ3n) is 2.91.